The van der Waals surface area contributed by atoms with E-state index in [9.17, 15) is 0 Å². The third kappa shape index (κ3) is 4.93. The Kier molecular flexibility index (Phi) is 7.98. The Labute approximate surface area is 152 Å². The molecule has 24 heavy (non-hydrogen) atoms. The first kappa shape index (κ1) is 19.7. The van der Waals surface area contributed by atoms with Crippen LogP contribution in [0.15, 0.2) is 30.3 Å². The standard InChI is InChI=1S/C19H31N3O.ClH/c1-22(2)19(15-7-4-3-5-8-15)13-21-17-10-6-9-16(17)18-14-23-12-11-20-18;/h3-5,7-8,16-21H,6,9-14H2,1-2H3;1H. The van der Waals surface area contributed by atoms with Crippen LogP contribution in [-0.2, 0) is 4.74 Å². The number of hydrogen-bond donors (Lipinski definition) is 2. The molecule has 0 aromatic heterocycles. The molecule has 5 heteroatoms. The van der Waals surface area contributed by atoms with Gasteiger partial charge in [-0.05, 0) is 38.4 Å². The number of morpholine rings is 1. The van der Waals surface area contributed by atoms with Gasteiger partial charge in [0.1, 0.15) is 0 Å². The molecule has 2 fully saturated rings. The summed E-state index contributed by atoms with van der Waals surface area (Å²) in [6.45, 7) is 3.74. The van der Waals surface area contributed by atoms with E-state index >= 15 is 0 Å². The predicted molar refractivity (Wildman–Crippen MR) is 102 cm³/mol. The third-order valence-corrected chi connectivity index (χ3v) is 5.42. The van der Waals surface area contributed by atoms with Crippen LogP contribution in [0.5, 0.6) is 0 Å². The van der Waals surface area contributed by atoms with Crippen molar-refractivity contribution in [3.63, 3.8) is 0 Å². The molecule has 1 aromatic rings. The van der Waals surface area contributed by atoms with Crippen LogP contribution >= 0.6 is 12.4 Å². The van der Waals surface area contributed by atoms with E-state index in [1.54, 1.807) is 0 Å². The molecule has 4 nitrogen and oxygen atoms in total. The molecule has 4 unspecified atom stereocenters. The van der Waals surface area contributed by atoms with Gasteiger partial charge in [-0.25, -0.2) is 0 Å². The molecular weight excluding hydrogens is 322 g/mol. The molecule has 0 radical (unpaired) electrons. The van der Waals surface area contributed by atoms with Gasteiger partial charge in [0.15, 0.2) is 0 Å². The van der Waals surface area contributed by atoms with Gasteiger partial charge in [-0.3, -0.25) is 0 Å². The van der Waals surface area contributed by atoms with Crippen LogP contribution in [0.1, 0.15) is 30.9 Å². The van der Waals surface area contributed by atoms with Crippen LogP contribution in [0, 0.1) is 5.92 Å². The molecule has 1 aromatic carbocycles. The molecule has 1 heterocycles. The van der Waals surface area contributed by atoms with Gasteiger partial charge in [0.25, 0.3) is 0 Å². The van der Waals surface area contributed by atoms with E-state index in [0.29, 0.717) is 24.0 Å². The van der Waals surface area contributed by atoms with Gasteiger partial charge in [-0.1, -0.05) is 36.8 Å². The zero-order chi connectivity index (χ0) is 16.1. The van der Waals surface area contributed by atoms with Crippen LogP contribution in [0.25, 0.3) is 0 Å². The number of hydrogen-bond acceptors (Lipinski definition) is 4. The molecule has 1 saturated carbocycles. The van der Waals surface area contributed by atoms with Gasteiger partial charge in [-0.2, -0.15) is 0 Å². The fraction of sp³-hybridized carbons (Fsp3) is 0.684. The minimum atomic E-state index is 0. The van der Waals surface area contributed by atoms with E-state index < -0.39 is 0 Å². The van der Waals surface area contributed by atoms with Crippen LogP contribution in [0.4, 0.5) is 0 Å². The van der Waals surface area contributed by atoms with Crippen LogP contribution in [-0.4, -0.2) is 57.4 Å². The fourth-order valence-electron chi connectivity index (χ4n) is 4.12. The van der Waals surface area contributed by atoms with Crippen molar-refractivity contribution in [3.05, 3.63) is 35.9 Å². The van der Waals surface area contributed by atoms with Gasteiger partial charge in [0.05, 0.1) is 13.2 Å². The molecule has 4 atom stereocenters. The SMILES string of the molecule is CN(C)C(CNC1CCCC1C1COCCN1)c1ccccc1.Cl. The smallest absolute Gasteiger partial charge is 0.0623 e. The lowest BCUT2D eigenvalue weighted by molar-refractivity contribution is 0.0520. The van der Waals surface area contributed by atoms with Crippen molar-refractivity contribution in [1.29, 1.82) is 0 Å². The molecule has 2 N–H and O–H groups in total. The summed E-state index contributed by atoms with van der Waals surface area (Å²) in [6, 6.07) is 12.4. The summed E-state index contributed by atoms with van der Waals surface area (Å²) in [5.41, 5.74) is 1.39. The van der Waals surface area contributed by atoms with Gasteiger partial charge in [0, 0.05) is 31.2 Å². The number of benzene rings is 1. The zero-order valence-corrected chi connectivity index (χ0v) is 15.7. The van der Waals surface area contributed by atoms with Crippen molar-refractivity contribution >= 4 is 12.4 Å². The summed E-state index contributed by atoms with van der Waals surface area (Å²) < 4.78 is 5.68. The maximum Gasteiger partial charge on any atom is 0.0623 e. The number of halogens is 1. The van der Waals surface area contributed by atoms with E-state index in [0.717, 1.165) is 26.3 Å². The number of ether oxygens (including phenoxy) is 1. The average molecular weight is 354 g/mol. The Bertz CT molecular complexity index is 465. The highest BCUT2D eigenvalue weighted by molar-refractivity contribution is 5.85. The van der Waals surface area contributed by atoms with Crippen LogP contribution in [0.3, 0.4) is 0 Å². The monoisotopic (exact) mass is 353 g/mol. The summed E-state index contributed by atoms with van der Waals surface area (Å²) in [4.78, 5) is 2.31. The topological polar surface area (TPSA) is 36.5 Å². The average Bonchev–Trinajstić information content (AvgIpc) is 3.05. The second-order valence-electron chi connectivity index (χ2n) is 7.14. The number of likely N-dealkylation sites (N-methyl/N-ethyl adjacent to an activating group) is 1. The molecule has 0 bridgehead atoms. The van der Waals surface area contributed by atoms with E-state index in [2.05, 4.69) is 60.0 Å². The minimum absolute atomic E-state index is 0. The highest BCUT2D eigenvalue weighted by atomic mass is 35.5. The normalized spacial score (nSPS) is 28.5. The Hall–Kier alpha value is -0.650. The summed E-state index contributed by atoms with van der Waals surface area (Å²) >= 11 is 0. The molecule has 3 rings (SSSR count). The van der Waals surface area contributed by atoms with E-state index in [1.807, 2.05) is 0 Å². The molecular formula is C19H32ClN3O. The number of nitrogens with zero attached hydrogens (tertiary/aromatic N) is 1. The summed E-state index contributed by atoms with van der Waals surface area (Å²) in [7, 11) is 4.34. The largest absolute Gasteiger partial charge is 0.379 e. The molecule has 136 valence electrons. The van der Waals surface area contributed by atoms with Gasteiger partial charge in [0.2, 0.25) is 0 Å². The summed E-state index contributed by atoms with van der Waals surface area (Å²) in [6.07, 6.45) is 3.94. The third-order valence-electron chi connectivity index (χ3n) is 5.42. The van der Waals surface area contributed by atoms with Crippen molar-refractivity contribution < 1.29 is 4.74 Å². The van der Waals surface area contributed by atoms with E-state index in [-0.39, 0.29) is 12.4 Å². The lowest BCUT2D eigenvalue weighted by Crippen LogP contribution is -2.51. The molecule has 1 aliphatic heterocycles. The predicted octanol–water partition coefficient (Wildman–Crippen LogP) is 2.46. The Morgan fingerprint density at radius 1 is 1.25 bits per heavy atom. The summed E-state index contributed by atoms with van der Waals surface area (Å²) in [5.74, 6) is 0.703. The second-order valence-corrected chi connectivity index (χ2v) is 7.14. The molecule has 1 aliphatic carbocycles. The van der Waals surface area contributed by atoms with Crippen molar-refractivity contribution in [3.8, 4) is 0 Å². The van der Waals surface area contributed by atoms with Crippen molar-refractivity contribution in [2.24, 2.45) is 5.92 Å². The minimum Gasteiger partial charge on any atom is -0.379 e. The second kappa shape index (κ2) is 9.73. The van der Waals surface area contributed by atoms with Gasteiger partial charge >= 0.3 is 0 Å². The summed E-state index contributed by atoms with van der Waals surface area (Å²) in [5, 5.41) is 7.53. The fourth-order valence-corrected chi connectivity index (χ4v) is 4.12. The van der Waals surface area contributed by atoms with Gasteiger partial charge in [-0.15, -0.1) is 12.4 Å². The number of nitrogens with one attached hydrogen (secondary N) is 2. The Morgan fingerprint density at radius 3 is 2.71 bits per heavy atom. The zero-order valence-electron chi connectivity index (χ0n) is 14.9. The van der Waals surface area contributed by atoms with Crippen molar-refractivity contribution in [1.82, 2.24) is 15.5 Å². The quantitative estimate of drug-likeness (QED) is 0.823. The molecule has 2 aliphatic rings. The van der Waals surface area contributed by atoms with Crippen molar-refractivity contribution in [2.45, 2.75) is 37.4 Å². The molecule has 1 saturated heterocycles. The first-order valence-electron chi connectivity index (χ1n) is 9.01. The van der Waals surface area contributed by atoms with E-state index in [4.69, 9.17) is 4.74 Å². The molecule has 0 amide bonds. The van der Waals surface area contributed by atoms with Crippen LogP contribution in [0.2, 0.25) is 0 Å². The number of rotatable bonds is 6. The van der Waals surface area contributed by atoms with Crippen LogP contribution < -0.4 is 10.6 Å². The lowest BCUT2D eigenvalue weighted by atomic mass is 9.93. The Balaban J connectivity index is 0.00000208. The maximum absolute atomic E-state index is 5.68. The highest BCUT2D eigenvalue weighted by Gasteiger charge is 2.34. The van der Waals surface area contributed by atoms with E-state index in [1.165, 1.54) is 24.8 Å². The Morgan fingerprint density at radius 2 is 2.04 bits per heavy atom. The highest BCUT2D eigenvalue weighted by Crippen LogP contribution is 2.30. The van der Waals surface area contributed by atoms with Gasteiger partial charge < -0.3 is 20.3 Å². The first-order valence-corrected chi connectivity index (χ1v) is 9.01. The lowest BCUT2D eigenvalue weighted by Gasteiger charge is -2.34. The maximum atomic E-state index is 5.68. The molecule has 0 spiro atoms. The first-order chi connectivity index (χ1) is 11.3. The van der Waals surface area contributed by atoms with Crippen molar-refractivity contribution in [2.75, 3.05) is 40.4 Å².